The zero-order valence-electron chi connectivity index (χ0n) is 22.2. The van der Waals surface area contributed by atoms with E-state index in [2.05, 4.69) is 42.2 Å². The molecular weight excluding hydrogens is 480 g/mol. The van der Waals surface area contributed by atoms with Crippen LogP contribution in [0.25, 0.3) is 0 Å². The molecule has 2 heterocycles. The van der Waals surface area contributed by atoms with Crippen molar-refractivity contribution in [1.82, 2.24) is 4.90 Å². The highest BCUT2D eigenvalue weighted by atomic mass is 16.6. The Kier molecular flexibility index (Phi) is 7.94. The average Bonchev–Trinajstić information content (AvgIpc) is 2.95. The standard InChI is InChI=1S/C31H34N2O5/c1-21-8-7-11-23(16-21)26-18-33-15-14-25-24(12-13-29(35-2)31(25)37-20-30(34)36-3)28(33)17-27(26)32-38-19-22-9-5-4-6-10-22/h4-13,16,26,28H,14-15,17-20H2,1-3H3/b32-27-/t26-,28+/m1/s1. The van der Waals surface area contributed by atoms with Crippen LogP contribution in [-0.2, 0) is 27.4 Å². The number of methoxy groups -OCH3 is 2. The molecule has 0 saturated carbocycles. The third-order valence-corrected chi connectivity index (χ3v) is 7.41. The van der Waals surface area contributed by atoms with E-state index in [4.69, 9.17) is 24.2 Å². The van der Waals surface area contributed by atoms with Crippen molar-refractivity contribution in [3.05, 3.63) is 94.5 Å². The quantitative estimate of drug-likeness (QED) is 0.304. The van der Waals surface area contributed by atoms with Gasteiger partial charge in [-0.3, -0.25) is 4.90 Å². The van der Waals surface area contributed by atoms with E-state index in [-0.39, 0.29) is 18.6 Å². The minimum atomic E-state index is -0.425. The van der Waals surface area contributed by atoms with Gasteiger partial charge in [-0.1, -0.05) is 71.4 Å². The lowest BCUT2D eigenvalue weighted by molar-refractivity contribution is -0.142. The van der Waals surface area contributed by atoms with Crippen LogP contribution in [0.15, 0.2) is 71.9 Å². The summed E-state index contributed by atoms with van der Waals surface area (Å²) in [6, 6.07) is 22.9. The van der Waals surface area contributed by atoms with Crippen LogP contribution in [0.4, 0.5) is 0 Å². The predicted molar refractivity (Wildman–Crippen MR) is 146 cm³/mol. The summed E-state index contributed by atoms with van der Waals surface area (Å²) in [4.78, 5) is 20.2. The van der Waals surface area contributed by atoms with Gasteiger partial charge in [-0.2, -0.15) is 0 Å². The molecule has 2 aliphatic rings. The van der Waals surface area contributed by atoms with Crippen molar-refractivity contribution in [2.45, 2.75) is 38.3 Å². The zero-order valence-corrected chi connectivity index (χ0v) is 22.2. The van der Waals surface area contributed by atoms with Gasteiger partial charge in [0.2, 0.25) is 0 Å². The lowest BCUT2D eigenvalue weighted by Crippen LogP contribution is -2.45. The summed E-state index contributed by atoms with van der Waals surface area (Å²) >= 11 is 0. The number of rotatable bonds is 8. The number of fused-ring (bicyclic) bond motifs is 3. The molecule has 7 heteroatoms. The lowest BCUT2D eigenvalue weighted by Gasteiger charge is -2.44. The molecule has 0 aliphatic carbocycles. The van der Waals surface area contributed by atoms with Crippen molar-refractivity contribution in [2.24, 2.45) is 5.16 Å². The summed E-state index contributed by atoms with van der Waals surface area (Å²) in [5.74, 6) is 0.965. The second-order valence-corrected chi connectivity index (χ2v) is 9.80. The SMILES string of the molecule is COC(=O)COc1c(OC)ccc2c1CCN1C[C@H](c3cccc(C)c3)/C(=N\OCc3ccccc3)C[C@@H]21. The topological polar surface area (TPSA) is 69.6 Å². The maximum atomic E-state index is 11.8. The summed E-state index contributed by atoms with van der Waals surface area (Å²) in [6.45, 7) is 4.12. The first-order valence-corrected chi connectivity index (χ1v) is 13.0. The Bertz CT molecular complexity index is 1310. The van der Waals surface area contributed by atoms with Gasteiger partial charge in [0.1, 0.15) is 6.61 Å². The molecule has 2 aliphatic heterocycles. The lowest BCUT2D eigenvalue weighted by atomic mass is 9.79. The Hall–Kier alpha value is -3.84. The largest absolute Gasteiger partial charge is 0.493 e. The number of aryl methyl sites for hydroxylation is 1. The molecule has 3 aromatic carbocycles. The van der Waals surface area contributed by atoms with Gasteiger partial charge in [-0.15, -0.1) is 0 Å². The molecule has 5 rings (SSSR count). The van der Waals surface area contributed by atoms with Crippen molar-refractivity contribution >= 4 is 11.7 Å². The number of esters is 1. The third-order valence-electron chi connectivity index (χ3n) is 7.41. The molecule has 0 aromatic heterocycles. The Morgan fingerprint density at radius 2 is 1.89 bits per heavy atom. The van der Waals surface area contributed by atoms with Gasteiger partial charge in [-0.05, 0) is 36.1 Å². The molecule has 0 spiro atoms. The third kappa shape index (κ3) is 5.53. The van der Waals surface area contributed by atoms with Crippen LogP contribution >= 0.6 is 0 Å². The summed E-state index contributed by atoms with van der Waals surface area (Å²) in [6.07, 6.45) is 1.54. The van der Waals surface area contributed by atoms with Gasteiger partial charge in [-0.25, -0.2) is 4.79 Å². The summed E-state index contributed by atoms with van der Waals surface area (Å²) in [7, 11) is 2.97. The monoisotopic (exact) mass is 514 g/mol. The van der Waals surface area contributed by atoms with Crippen molar-refractivity contribution < 1.29 is 23.8 Å². The fourth-order valence-corrected chi connectivity index (χ4v) is 5.50. The van der Waals surface area contributed by atoms with Crippen LogP contribution < -0.4 is 9.47 Å². The van der Waals surface area contributed by atoms with E-state index in [1.165, 1.54) is 23.8 Å². The van der Waals surface area contributed by atoms with Gasteiger partial charge < -0.3 is 19.0 Å². The van der Waals surface area contributed by atoms with E-state index >= 15 is 0 Å². The van der Waals surface area contributed by atoms with E-state index in [9.17, 15) is 4.79 Å². The minimum absolute atomic E-state index is 0.130. The van der Waals surface area contributed by atoms with Crippen molar-refractivity contribution in [3.63, 3.8) is 0 Å². The number of benzene rings is 3. The average molecular weight is 515 g/mol. The number of carbonyl (C=O) groups is 1. The number of oxime groups is 1. The molecule has 7 nitrogen and oxygen atoms in total. The van der Waals surface area contributed by atoms with Crippen molar-refractivity contribution in [2.75, 3.05) is 33.9 Å². The van der Waals surface area contributed by atoms with E-state index in [0.717, 1.165) is 42.8 Å². The Morgan fingerprint density at radius 1 is 1.05 bits per heavy atom. The number of ether oxygens (including phenoxy) is 3. The van der Waals surface area contributed by atoms with Gasteiger partial charge in [0.15, 0.2) is 18.1 Å². The molecule has 0 radical (unpaired) electrons. The fourth-order valence-electron chi connectivity index (χ4n) is 5.50. The zero-order chi connectivity index (χ0) is 26.5. The van der Waals surface area contributed by atoms with Crippen LogP contribution in [-0.4, -0.2) is 50.5 Å². The molecule has 1 saturated heterocycles. The van der Waals surface area contributed by atoms with E-state index in [0.29, 0.717) is 18.1 Å². The molecule has 0 bridgehead atoms. The molecular formula is C31H34N2O5. The van der Waals surface area contributed by atoms with E-state index in [1.54, 1.807) is 7.11 Å². The fraction of sp³-hybridized carbons (Fsp3) is 0.355. The Balaban J connectivity index is 1.46. The van der Waals surface area contributed by atoms with Gasteiger partial charge in [0, 0.05) is 37.0 Å². The highest BCUT2D eigenvalue weighted by Gasteiger charge is 2.39. The highest BCUT2D eigenvalue weighted by molar-refractivity contribution is 5.92. The predicted octanol–water partition coefficient (Wildman–Crippen LogP) is 5.21. The molecule has 38 heavy (non-hydrogen) atoms. The molecule has 2 atom stereocenters. The molecule has 0 amide bonds. The summed E-state index contributed by atoms with van der Waals surface area (Å²) in [5, 5.41) is 4.73. The van der Waals surface area contributed by atoms with Gasteiger partial charge in [0.25, 0.3) is 0 Å². The normalized spacial score (nSPS) is 19.8. The molecule has 198 valence electrons. The van der Waals surface area contributed by atoms with E-state index in [1.807, 2.05) is 36.4 Å². The van der Waals surface area contributed by atoms with Crippen molar-refractivity contribution in [3.8, 4) is 11.5 Å². The smallest absolute Gasteiger partial charge is 0.343 e. The first-order chi connectivity index (χ1) is 18.6. The summed E-state index contributed by atoms with van der Waals surface area (Å²) < 4.78 is 16.3. The number of hydrogen-bond donors (Lipinski definition) is 0. The van der Waals surface area contributed by atoms with Gasteiger partial charge in [0.05, 0.1) is 19.9 Å². The Morgan fingerprint density at radius 3 is 2.66 bits per heavy atom. The van der Waals surface area contributed by atoms with Crippen LogP contribution in [0.1, 0.15) is 46.2 Å². The number of carbonyl (C=O) groups excluding carboxylic acids is 1. The van der Waals surface area contributed by atoms with Crippen LogP contribution in [0.2, 0.25) is 0 Å². The second kappa shape index (κ2) is 11.7. The van der Waals surface area contributed by atoms with Crippen LogP contribution in [0.3, 0.4) is 0 Å². The molecule has 1 fully saturated rings. The molecule has 0 N–H and O–H groups in total. The molecule has 3 aromatic rings. The molecule has 0 unspecified atom stereocenters. The van der Waals surface area contributed by atoms with Crippen LogP contribution in [0, 0.1) is 6.92 Å². The number of piperidine rings is 1. The van der Waals surface area contributed by atoms with Crippen LogP contribution in [0.5, 0.6) is 11.5 Å². The van der Waals surface area contributed by atoms with E-state index < -0.39 is 5.97 Å². The maximum absolute atomic E-state index is 11.8. The summed E-state index contributed by atoms with van der Waals surface area (Å²) in [5.41, 5.74) is 6.87. The number of hydrogen-bond acceptors (Lipinski definition) is 7. The van der Waals surface area contributed by atoms with Gasteiger partial charge >= 0.3 is 5.97 Å². The maximum Gasteiger partial charge on any atom is 0.343 e. The highest BCUT2D eigenvalue weighted by Crippen LogP contribution is 2.45. The second-order valence-electron chi connectivity index (χ2n) is 9.80. The Labute approximate surface area is 224 Å². The number of nitrogens with zero attached hydrogens (tertiary/aromatic N) is 2. The van der Waals surface area contributed by atoms with Crippen molar-refractivity contribution in [1.29, 1.82) is 0 Å². The first-order valence-electron chi connectivity index (χ1n) is 13.0. The first kappa shape index (κ1) is 25.8. The minimum Gasteiger partial charge on any atom is -0.493 e.